The minimum absolute atomic E-state index is 0.410. The smallest absolute Gasteiger partial charge is 0.212 e. The van der Waals surface area contributed by atoms with Gasteiger partial charge in [-0.25, -0.2) is 4.98 Å². The second-order valence-corrected chi connectivity index (χ2v) is 7.44. The van der Waals surface area contributed by atoms with Crippen molar-refractivity contribution in [1.82, 2.24) is 10.3 Å². The van der Waals surface area contributed by atoms with Crippen LogP contribution in [0.1, 0.15) is 45.6 Å². The van der Waals surface area contributed by atoms with Gasteiger partial charge in [0.25, 0.3) is 0 Å². The molecule has 0 spiro atoms. The molecule has 0 saturated heterocycles. The number of nitrogens with one attached hydrogen (secondary N) is 1. The topological polar surface area (TPSA) is 34.1 Å². The quantitative estimate of drug-likeness (QED) is 0.914. The average Bonchev–Trinajstić information content (AvgIpc) is 2.90. The van der Waals surface area contributed by atoms with Crippen molar-refractivity contribution in [3.63, 3.8) is 0 Å². The van der Waals surface area contributed by atoms with E-state index in [1.807, 2.05) is 12.3 Å². The molecule has 2 aliphatic carbocycles. The van der Waals surface area contributed by atoms with Gasteiger partial charge < -0.3 is 10.1 Å². The van der Waals surface area contributed by atoms with E-state index >= 15 is 0 Å². The zero-order valence-electron chi connectivity index (χ0n) is 13.1. The Labute approximate surface area is 122 Å². The van der Waals surface area contributed by atoms with Gasteiger partial charge in [0, 0.05) is 24.8 Å². The largest absolute Gasteiger partial charge is 0.481 e. The molecule has 2 aliphatic rings. The maximum absolute atomic E-state index is 5.10. The first-order chi connectivity index (χ1) is 9.45. The lowest BCUT2D eigenvalue weighted by Crippen LogP contribution is -2.49. The van der Waals surface area contributed by atoms with Crippen molar-refractivity contribution in [3.05, 3.63) is 23.9 Å². The van der Waals surface area contributed by atoms with Crippen LogP contribution in [0.15, 0.2) is 18.3 Å². The molecule has 3 unspecified atom stereocenters. The molecule has 2 saturated carbocycles. The second-order valence-electron chi connectivity index (χ2n) is 7.44. The Morgan fingerprint density at radius 1 is 1.35 bits per heavy atom. The number of fused-ring (bicyclic) bond motifs is 2. The average molecular weight is 274 g/mol. The summed E-state index contributed by atoms with van der Waals surface area (Å²) >= 11 is 0. The zero-order chi connectivity index (χ0) is 14.4. The van der Waals surface area contributed by atoms with E-state index in [0.29, 0.717) is 22.8 Å². The SMILES string of the molecule is COc1ccc(CNC2C3(C)CCC(C3)C2(C)C)cn1. The summed E-state index contributed by atoms with van der Waals surface area (Å²) in [4.78, 5) is 4.28. The zero-order valence-corrected chi connectivity index (χ0v) is 13.1. The first-order valence-electron chi connectivity index (χ1n) is 7.68. The number of hydrogen-bond donors (Lipinski definition) is 1. The van der Waals surface area contributed by atoms with Crippen molar-refractivity contribution in [2.45, 2.75) is 52.6 Å². The van der Waals surface area contributed by atoms with Crippen LogP contribution in [-0.2, 0) is 6.54 Å². The van der Waals surface area contributed by atoms with Crippen LogP contribution >= 0.6 is 0 Å². The number of aromatic nitrogens is 1. The van der Waals surface area contributed by atoms with Gasteiger partial charge in [0.2, 0.25) is 5.88 Å². The molecule has 1 heterocycles. The van der Waals surface area contributed by atoms with Crippen LogP contribution in [-0.4, -0.2) is 18.1 Å². The number of nitrogens with zero attached hydrogens (tertiary/aromatic N) is 1. The van der Waals surface area contributed by atoms with Crippen molar-refractivity contribution in [3.8, 4) is 5.88 Å². The van der Waals surface area contributed by atoms with E-state index in [4.69, 9.17) is 4.74 Å². The molecule has 2 bridgehead atoms. The van der Waals surface area contributed by atoms with Crippen molar-refractivity contribution in [1.29, 1.82) is 0 Å². The van der Waals surface area contributed by atoms with Crippen LogP contribution in [0.25, 0.3) is 0 Å². The van der Waals surface area contributed by atoms with Gasteiger partial charge in [-0.3, -0.25) is 0 Å². The van der Waals surface area contributed by atoms with Crippen molar-refractivity contribution in [2.75, 3.05) is 7.11 Å². The Hall–Kier alpha value is -1.09. The highest BCUT2D eigenvalue weighted by Crippen LogP contribution is 2.62. The molecule has 3 rings (SSSR count). The molecule has 2 fully saturated rings. The van der Waals surface area contributed by atoms with Crippen LogP contribution in [0, 0.1) is 16.7 Å². The number of rotatable bonds is 4. The van der Waals surface area contributed by atoms with Crippen LogP contribution in [0.3, 0.4) is 0 Å². The van der Waals surface area contributed by atoms with Gasteiger partial charge in [-0.05, 0) is 41.6 Å². The minimum atomic E-state index is 0.410. The Balaban J connectivity index is 1.68. The summed E-state index contributed by atoms with van der Waals surface area (Å²) in [6.45, 7) is 8.23. The third kappa shape index (κ3) is 2.12. The summed E-state index contributed by atoms with van der Waals surface area (Å²) in [6.07, 6.45) is 6.08. The van der Waals surface area contributed by atoms with E-state index < -0.39 is 0 Å². The highest BCUT2D eigenvalue weighted by Gasteiger charge is 2.58. The molecule has 110 valence electrons. The summed E-state index contributed by atoms with van der Waals surface area (Å²) in [7, 11) is 1.65. The van der Waals surface area contributed by atoms with Gasteiger partial charge in [0.1, 0.15) is 0 Å². The number of hydrogen-bond acceptors (Lipinski definition) is 3. The van der Waals surface area contributed by atoms with Gasteiger partial charge in [0.15, 0.2) is 0 Å². The lowest BCUT2D eigenvalue weighted by molar-refractivity contribution is 0.108. The van der Waals surface area contributed by atoms with Crippen LogP contribution in [0.5, 0.6) is 5.88 Å². The molecule has 3 heteroatoms. The molecule has 0 aromatic carbocycles. The molecule has 0 radical (unpaired) electrons. The molecule has 3 nitrogen and oxygen atoms in total. The van der Waals surface area contributed by atoms with E-state index in [1.54, 1.807) is 7.11 Å². The monoisotopic (exact) mass is 274 g/mol. The summed E-state index contributed by atoms with van der Waals surface area (Å²) < 4.78 is 5.10. The Kier molecular flexibility index (Phi) is 3.28. The van der Waals surface area contributed by atoms with Crippen LogP contribution < -0.4 is 10.1 Å². The van der Waals surface area contributed by atoms with Crippen molar-refractivity contribution < 1.29 is 4.74 Å². The van der Waals surface area contributed by atoms with E-state index in [-0.39, 0.29) is 0 Å². The third-order valence-corrected chi connectivity index (χ3v) is 5.79. The molecule has 20 heavy (non-hydrogen) atoms. The molecule has 1 aromatic heterocycles. The predicted molar refractivity (Wildman–Crippen MR) is 80.6 cm³/mol. The molecule has 0 aliphatic heterocycles. The lowest BCUT2D eigenvalue weighted by atomic mass is 9.68. The van der Waals surface area contributed by atoms with Crippen LogP contribution in [0.4, 0.5) is 0 Å². The molecule has 3 atom stereocenters. The van der Waals surface area contributed by atoms with E-state index in [1.165, 1.54) is 24.8 Å². The fourth-order valence-electron chi connectivity index (χ4n) is 4.67. The molecule has 1 N–H and O–H groups in total. The van der Waals surface area contributed by atoms with E-state index in [9.17, 15) is 0 Å². The summed E-state index contributed by atoms with van der Waals surface area (Å²) in [5.74, 6) is 1.57. The van der Waals surface area contributed by atoms with Gasteiger partial charge in [-0.1, -0.05) is 26.8 Å². The molecular weight excluding hydrogens is 248 g/mol. The Morgan fingerprint density at radius 3 is 2.70 bits per heavy atom. The number of ether oxygens (including phenoxy) is 1. The lowest BCUT2D eigenvalue weighted by Gasteiger charge is -2.43. The van der Waals surface area contributed by atoms with Gasteiger partial charge in [-0.15, -0.1) is 0 Å². The second kappa shape index (κ2) is 4.73. The van der Waals surface area contributed by atoms with Gasteiger partial charge in [-0.2, -0.15) is 0 Å². The highest BCUT2D eigenvalue weighted by molar-refractivity contribution is 5.19. The molecule has 0 amide bonds. The fraction of sp³-hybridized carbons (Fsp3) is 0.706. The number of methoxy groups -OCH3 is 1. The van der Waals surface area contributed by atoms with Gasteiger partial charge in [0.05, 0.1) is 7.11 Å². The summed E-state index contributed by atoms with van der Waals surface area (Å²) in [6, 6.07) is 4.64. The molecular formula is C17H26N2O. The Morgan fingerprint density at radius 2 is 2.15 bits per heavy atom. The van der Waals surface area contributed by atoms with E-state index in [2.05, 4.69) is 37.1 Å². The van der Waals surface area contributed by atoms with Gasteiger partial charge >= 0.3 is 0 Å². The van der Waals surface area contributed by atoms with Crippen molar-refractivity contribution >= 4 is 0 Å². The summed E-state index contributed by atoms with van der Waals surface area (Å²) in [5, 5.41) is 3.82. The number of pyridine rings is 1. The maximum atomic E-state index is 5.10. The fourth-order valence-corrected chi connectivity index (χ4v) is 4.67. The maximum Gasteiger partial charge on any atom is 0.212 e. The first-order valence-corrected chi connectivity index (χ1v) is 7.68. The summed E-state index contributed by atoms with van der Waals surface area (Å²) in [5.41, 5.74) is 2.12. The minimum Gasteiger partial charge on any atom is -0.481 e. The van der Waals surface area contributed by atoms with Crippen LogP contribution in [0.2, 0.25) is 0 Å². The highest BCUT2D eigenvalue weighted by atomic mass is 16.5. The standard InChI is InChI=1S/C17H26N2O/c1-16(2)13-7-8-17(3,9-13)15(16)19-11-12-5-6-14(20-4)18-10-12/h5-6,10,13,15,19H,7-9,11H2,1-4H3. The first kappa shape index (κ1) is 13.9. The predicted octanol–water partition coefficient (Wildman–Crippen LogP) is 3.39. The van der Waals surface area contributed by atoms with E-state index in [0.717, 1.165) is 12.5 Å². The normalized spacial score (nSPS) is 34.4. The Bertz CT molecular complexity index is 478. The molecule has 1 aromatic rings. The van der Waals surface area contributed by atoms with Crippen molar-refractivity contribution in [2.24, 2.45) is 16.7 Å². The third-order valence-electron chi connectivity index (χ3n) is 5.79.